The molecule has 0 amide bonds. The molecule has 0 radical (unpaired) electrons. The fourth-order valence-corrected chi connectivity index (χ4v) is 17.2. The third-order valence-corrected chi connectivity index (χ3v) is 21.5. The number of nitrogens with one attached hydrogen (secondary N) is 1. The lowest BCUT2D eigenvalue weighted by Gasteiger charge is -2.36. The Hall–Kier alpha value is -9.99. The van der Waals surface area contributed by atoms with Crippen molar-refractivity contribution in [2.45, 2.75) is 45.2 Å². The van der Waals surface area contributed by atoms with Crippen molar-refractivity contribution in [2.75, 3.05) is 19.6 Å². The molecule has 0 aromatic heterocycles. The number of nitrogens with zero attached hydrogens (tertiary/aromatic N) is 5. The molecule has 1 atom stereocenters. The maximum atomic E-state index is 12.2. The smallest absolute Gasteiger partial charge is 0.100 e. The summed E-state index contributed by atoms with van der Waals surface area (Å²) in [5.41, 5.74) is 20.4. The minimum Gasteiger partial charge on any atom is -0.373 e. The van der Waals surface area contributed by atoms with Gasteiger partial charge in [0.1, 0.15) is 6.07 Å². The van der Waals surface area contributed by atoms with Crippen LogP contribution in [0.1, 0.15) is 28.3 Å². The quantitative estimate of drug-likeness (QED) is 0.159. The molecule has 5 heterocycles. The van der Waals surface area contributed by atoms with Gasteiger partial charge < -0.3 is 24.9 Å². The Labute approximate surface area is 528 Å². The van der Waals surface area contributed by atoms with E-state index in [2.05, 4.69) is 322 Å². The van der Waals surface area contributed by atoms with E-state index in [1.807, 2.05) is 11.8 Å². The molecular weight excluding hydrogens is 1150 g/mol. The summed E-state index contributed by atoms with van der Waals surface area (Å²) in [7, 11) is 0. The first-order chi connectivity index (χ1) is 43.6. The van der Waals surface area contributed by atoms with Gasteiger partial charge >= 0.3 is 0 Å². The summed E-state index contributed by atoms with van der Waals surface area (Å²) >= 11 is 7.22. The summed E-state index contributed by atoms with van der Waals surface area (Å²) in [4.78, 5) is 19.1. The van der Waals surface area contributed by atoms with E-state index in [9.17, 15) is 5.26 Å². The van der Waals surface area contributed by atoms with Gasteiger partial charge in [0, 0.05) is 73.1 Å². The number of benzene rings is 12. The molecule has 0 aliphatic carbocycles. The second-order valence-electron chi connectivity index (χ2n) is 22.0. The van der Waals surface area contributed by atoms with Crippen molar-refractivity contribution in [3.05, 3.63) is 319 Å². The molecule has 0 saturated carbocycles. The van der Waals surface area contributed by atoms with Crippen molar-refractivity contribution in [3.63, 3.8) is 0 Å². The maximum Gasteiger partial charge on any atom is 0.100 e. The molecule has 0 saturated heterocycles. The van der Waals surface area contributed by atoms with E-state index in [0.29, 0.717) is 5.57 Å². The summed E-state index contributed by atoms with van der Waals surface area (Å²) in [6, 6.07) is 107. The van der Waals surface area contributed by atoms with Gasteiger partial charge in [-0.3, -0.25) is 0 Å². The lowest BCUT2D eigenvalue weighted by Crippen LogP contribution is -2.28. The van der Waals surface area contributed by atoms with Crippen molar-refractivity contribution in [1.29, 1.82) is 5.26 Å². The lowest BCUT2D eigenvalue weighted by atomic mass is 9.79. The molecule has 10 heteroatoms. The van der Waals surface area contributed by atoms with Gasteiger partial charge in [0.05, 0.1) is 62.8 Å². The zero-order chi connectivity index (χ0) is 58.2. The molecule has 5 aliphatic heterocycles. The van der Waals surface area contributed by atoms with E-state index in [-0.39, 0.29) is 0 Å². The van der Waals surface area contributed by atoms with Crippen LogP contribution in [0.2, 0.25) is 0 Å². The van der Waals surface area contributed by atoms with Crippen LogP contribution in [0, 0.1) is 11.3 Å². The molecule has 1 N–H and O–H groups in total. The van der Waals surface area contributed by atoms with Gasteiger partial charge in [0.25, 0.3) is 0 Å². The van der Waals surface area contributed by atoms with Crippen LogP contribution in [0.4, 0.5) is 68.2 Å². The molecule has 0 spiro atoms. The second-order valence-corrected chi connectivity index (χ2v) is 26.3. The zero-order valence-corrected chi connectivity index (χ0v) is 50.4. The van der Waals surface area contributed by atoms with Crippen molar-refractivity contribution in [2.24, 2.45) is 0 Å². The van der Waals surface area contributed by atoms with Gasteiger partial charge in [0.15, 0.2) is 0 Å². The van der Waals surface area contributed by atoms with Crippen LogP contribution in [0.15, 0.2) is 336 Å². The average Bonchev–Trinajstić information content (AvgIpc) is 1.16. The number of fused-ring (bicyclic) bond motifs is 8. The number of hydrogen-bond donors (Lipinski definition) is 1. The Balaban J connectivity index is 0.851. The number of para-hydroxylation sites is 8. The highest BCUT2D eigenvalue weighted by atomic mass is 32.2. The van der Waals surface area contributed by atoms with Gasteiger partial charge in [-0.25, -0.2) is 0 Å². The largest absolute Gasteiger partial charge is 0.373 e. The van der Waals surface area contributed by atoms with Crippen molar-refractivity contribution in [1.82, 2.24) is 5.32 Å². The third kappa shape index (κ3) is 8.84. The van der Waals surface area contributed by atoms with E-state index in [1.165, 1.54) is 39.2 Å². The first kappa shape index (κ1) is 52.3. The SMILES string of the molecule is N#CC1=C(c2ccc(N3c4ccccc4Sc4ccccc43)cc2)C(c2ccc(N3c4ccccc4Sc4ccccc43)cc2)NC(c2ccc(N3c4ccccc4Sc4ccccc43)cc2)=C1c1ccc(N2c3ccccc3Sc3ccccc32)cc1. The van der Waals surface area contributed by atoms with Crippen molar-refractivity contribution >= 4 is 132 Å². The minimum atomic E-state index is -0.451. The number of hydrogen-bond acceptors (Lipinski definition) is 10. The van der Waals surface area contributed by atoms with Crippen LogP contribution >= 0.6 is 47.0 Å². The number of anilines is 12. The maximum absolute atomic E-state index is 12.2. The fourth-order valence-electron chi connectivity index (χ4n) is 13.0. The molecule has 88 heavy (non-hydrogen) atoms. The Morgan fingerprint density at radius 3 is 0.818 bits per heavy atom. The second kappa shape index (κ2) is 21.8. The molecular formula is C78H50N6S4. The van der Waals surface area contributed by atoms with E-state index in [4.69, 9.17) is 0 Å². The highest BCUT2D eigenvalue weighted by Gasteiger charge is 2.35. The predicted molar refractivity (Wildman–Crippen MR) is 366 cm³/mol. The Morgan fingerprint density at radius 1 is 0.284 bits per heavy atom. The van der Waals surface area contributed by atoms with Gasteiger partial charge in [-0.05, 0) is 168 Å². The van der Waals surface area contributed by atoms with Gasteiger partial charge in [-0.2, -0.15) is 5.26 Å². The molecule has 12 aromatic rings. The Kier molecular flexibility index (Phi) is 12.9. The number of dihydropyridines is 1. The van der Waals surface area contributed by atoms with Gasteiger partial charge in [-0.1, -0.05) is 193 Å². The van der Waals surface area contributed by atoms with Crippen molar-refractivity contribution in [3.8, 4) is 6.07 Å². The standard InChI is InChI=1S/C78H50N6S4/c79-49-58-75(50-33-41-54(42-34-50)81-59-17-1-9-25-67(59)85-68-26-10-2-18-60(68)81)77(52-37-45-56(46-38-52)83-63-21-5-13-29-71(63)87-72-30-14-6-22-64(72)83)80-78(53-39-47-57(48-40-53)84-65-23-7-15-31-73(65)88-74-32-16-8-24-66(74)84)76(58)51-35-43-55(44-36-51)82-61-19-3-11-27-69(61)86-70-28-12-4-20-62(70)82/h1-48,77,80H. The highest BCUT2D eigenvalue weighted by Crippen LogP contribution is 2.57. The van der Waals surface area contributed by atoms with E-state index in [0.717, 1.165) is 107 Å². The predicted octanol–water partition coefficient (Wildman–Crippen LogP) is 22.6. The van der Waals surface area contributed by atoms with Gasteiger partial charge in [-0.15, -0.1) is 0 Å². The summed E-state index contributed by atoms with van der Waals surface area (Å²) in [5, 5.41) is 16.5. The summed E-state index contributed by atoms with van der Waals surface area (Å²) < 4.78 is 0. The van der Waals surface area contributed by atoms with Crippen LogP contribution in [-0.4, -0.2) is 0 Å². The Morgan fingerprint density at radius 2 is 0.534 bits per heavy atom. The van der Waals surface area contributed by atoms with E-state index >= 15 is 0 Å². The van der Waals surface area contributed by atoms with Crippen LogP contribution < -0.4 is 24.9 Å². The molecule has 0 fully saturated rings. The van der Waals surface area contributed by atoms with Crippen molar-refractivity contribution < 1.29 is 0 Å². The van der Waals surface area contributed by atoms with Crippen LogP contribution in [0.25, 0.3) is 16.8 Å². The van der Waals surface area contributed by atoms with Crippen LogP contribution in [-0.2, 0) is 0 Å². The lowest BCUT2D eigenvalue weighted by molar-refractivity contribution is 0.781. The molecule has 5 aliphatic rings. The first-order valence-electron chi connectivity index (χ1n) is 29.3. The molecule has 416 valence electrons. The minimum absolute atomic E-state index is 0.451. The molecule has 0 bridgehead atoms. The molecule has 6 nitrogen and oxygen atoms in total. The first-order valence-corrected chi connectivity index (χ1v) is 32.6. The normalized spacial score (nSPS) is 15.1. The monoisotopic (exact) mass is 1200 g/mol. The summed E-state index contributed by atoms with van der Waals surface area (Å²) in [6.07, 6.45) is 0. The molecule has 12 aromatic carbocycles. The van der Waals surface area contributed by atoms with Crippen LogP contribution in [0.3, 0.4) is 0 Å². The van der Waals surface area contributed by atoms with E-state index in [1.54, 1.807) is 35.3 Å². The van der Waals surface area contributed by atoms with E-state index < -0.39 is 6.04 Å². The number of allylic oxidation sites excluding steroid dienone is 2. The topological polar surface area (TPSA) is 48.8 Å². The molecule has 1 unspecified atom stereocenters. The Bertz CT molecular complexity index is 4700. The van der Waals surface area contributed by atoms with Gasteiger partial charge in [0.2, 0.25) is 0 Å². The summed E-state index contributed by atoms with van der Waals surface area (Å²) in [6.45, 7) is 0. The fraction of sp³-hybridized carbons (Fsp3) is 0.0128. The zero-order valence-electron chi connectivity index (χ0n) is 47.2. The number of nitriles is 1. The highest BCUT2D eigenvalue weighted by molar-refractivity contribution is 8.00. The average molecular weight is 1200 g/mol. The van der Waals surface area contributed by atoms with Crippen LogP contribution in [0.5, 0.6) is 0 Å². The molecule has 17 rings (SSSR count). The summed E-state index contributed by atoms with van der Waals surface area (Å²) in [5.74, 6) is 0. The number of rotatable bonds is 8. The third-order valence-electron chi connectivity index (χ3n) is 16.9.